The average molecular weight is 272 g/mol. The van der Waals surface area contributed by atoms with Gasteiger partial charge >= 0.3 is 0 Å². The lowest BCUT2D eigenvalue weighted by atomic mass is 10.0. The maximum absolute atomic E-state index is 11.9. The number of hydrogen-bond donors (Lipinski definition) is 1. The molecule has 1 amide bonds. The van der Waals surface area contributed by atoms with Gasteiger partial charge in [0.25, 0.3) is 0 Å². The number of likely N-dealkylation sites (tertiary alicyclic amines) is 1. The van der Waals surface area contributed by atoms with Crippen LogP contribution in [0.4, 0.5) is 5.69 Å². The van der Waals surface area contributed by atoms with Crippen molar-refractivity contribution in [1.82, 2.24) is 15.0 Å². The second-order valence-corrected chi connectivity index (χ2v) is 4.99. The van der Waals surface area contributed by atoms with E-state index in [1.165, 1.54) is 0 Å². The number of amides is 1. The van der Waals surface area contributed by atoms with Crippen LogP contribution in [0.15, 0.2) is 34.9 Å². The molecule has 1 aliphatic heterocycles. The molecule has 0 spiro atoms. The van der Waals surface area contributed by atoms with Crippen molar-refractivity contribution in [3.05, 3.63) is 42.0 Å². The van der Waals surface area contributed by atoms with Crippen molar-refractivity contribution in [2.45, 2.75) is 12.8 Å². The lowest BCUT2D eigenvalue weighted by Gasteiger charge is -2.36. The molecule has 1 aromatic carbocycles. The van der Waals surface area contributed by atoms with Crippen LogP contribution in [0, 0.1) is 6.92 Å². The van der Waals surface area contributed by atoms with E-state index in [2.05, 4.69) is 20.4 Å². The molecule has 2 aromatic rings. The van der Waals surface area contributed by atoms with E-state index < -0.39 is 0 Å². The number of carbonyl (C=O) groups excluding carboxylic acids is 1. The smallest absolute Gasteiger partial charge is 0.238 e. The Morgan fingerprint density at radius 1 is 1.40 bits per heavy atom. The number of nitrogens with zero attached hydrogens (tertiary/aromatic N) is 3. The van der Waals surface area contributed by atoms with Gasteiger partial charge in [-0.3, -0.25) is 9.69 Å². The lowest BCUT2D eigenvalue weighted by molar-refractivity contribution is -0.118. The summed E-state index contributed by atoms with van der Waals surface area (Å²) in [4.78, 5) is 18.1. The molecule has 6 heteroatoms. The number of para-hydroxylation sites is 1. The monoisotopic (exact) mass is 272 g/mol. The Balaban J connectivity index is 1.46. The molecule has 3 rings (SSSR count). The average Bonchev–Trinajstić information content (AvgIpc) is 2.81. The number of nitrogens with one attached hydrogen (secondary N) is 1. The predicted octanol–water partition coefficient (Wildman–Crippen LogP) is 1.42. The molecule has 2 heterocycles. The maximum Gasteiger partial charge on any atom is 0.238 e. The fourth-order valence-electron chi connectivity index (χ4n) is 2.26. The van der Waals surface area contributed by atoms with Crippen LogP contribution in [0.5, 0.6) is 0 Å². The summed E-state index contributed by atoms with van der Waals surface area (Å²) in [5, 5.41) is 6.65. The van der Waals surface area contributed by atoms with Crippen molar-refractivity contribution < 1.29 is 9.32 Å². The Morgan fingerprint density at radius 3 is 2.80 bits per heavy atom. The summed E-state index contributed by atoms with van der Waals surface area (Å²) in [6.45, 7) is 3.75. The first-order chi connectivity index (χ1) is 9.70. The number of anilines is 1. The molecule has 0 aliphatic carbocycles. The van der Waals surface area contributed by atoms with E-state index in [9.17, 15) is 4.79 Å². The lowest BCUT2D eigenvalue weighted by Crippen LogP contribution is -2.48. The van der Waals surface area contributed by atoms with Crippen LogP contribution in [0.25, 0.3) is 0 Å². The third-order valence-electron chi connectivity index (χ3n) is 3.27. The van der Waals surface area contributed by atoms with Gasteiger partial charge in [-0.15, -0.1) is 0 Å². The molecule has 104 valence electrons. The fourth-order valence-corrected chi connectivity index (χ4v) is 2.26. The van der Waals surface area contributed by atoms with Gasteiger partial charge in [0.15, 0.2) is 5.82 Å². The second-order valence-electron chi connectivity index (χ2n) is 4.99. The van der Waals surface area contributed by atoms with Crippen molar-refractivity contribution >= 4 is 11.6 Å². The van der Waals surface area contributed by atoms with E-state index in [1.54, 1.807) is 6.92 Å². The van der Waals surface area contributed by atoms with Crippen LogP contribution in [0.3, 0.4) is 0 Å². The van der Waals surface area contributed by atoms with Gasteiger partial charge < -0.3 is 9.84 Å². The van der Waals surface area contributed by atoms with E-state index in [0.29, 0.717) is 18.3 Å². The van der Waals surface area contributed by atoms with Crippen LogP contribution in [0.2, 0.25) is 0 Å². The normalized spacial score (nSPS) is 15.8. The van der Waals surface area contributed by atoms with E-state index in [1.807, 2.05) is 30.3 Å². The third-order valence-corrected chi connectivity index (χ3v) is 3.27. The quantitative estimate of drug-likeness (QED) is 0.911. The van der Waals surface area contributed by atoms with Crippen LogP contribution in [-0.2, 0) is 4.79 Å². The highest BCUT2D eigenvalue weighted by Crippen LogP contribution is 2.25. The van der Waals surface area contributed by atoms with Crippen molar-refractivity contribution in [3.8, 4) is 0 Å². The minimum atomic E-state index is -0.00337. The summed E-state index contributed by atoms with van der Waals surface area (Å²) in [5.41, 5.74) is 0.821. The molecule has 1 N–H and O–H groups in total. The zero-order chi connectivity index (χ0) is 13.9. The van der Waals surface area contributed by atoms with Gasteiger partial charge in [-0.1, -0.05) is 23.4 Å². The van der Waals surface area contributed by atoms with E-state index in [4.69, 9.17) is 4.52 Å². The summed E-state index contributed by atoms with van der Waals surface area (Å²) in [6, 6.07) is 9.46. The Kier molecular flexibility index (Phi) is 3.47. The minimum absolute atomic E-state index is 0.00337. The number of carbonyl (C=O) groups is 1. The summed E-state index contributed by atoms with van der Waals surface area (Å²) in [7, 11) is 0. The Bertz CT molecular complexity index is 590. The molecular weight excluding hydrogens is 256 g/mol. The Morgan fingerprint density at radius 2 is 2.15 bits per heavy atom. The molecule has 1 saturated heterocycles. The van der Waals surface area contributed by atoms with E-state index in [0.717, 1.165) is 18.8 Å². The SMILES string of the molecule is Cc1noc(C2CN(CC(=O)Nc3ccccc3)C2)n1. The van der Waals surface area contributed by atoms with Crippen LogP contribution in [0.1, 0.15) is 17.6 Å². The summed E-state index contributed by atoms with van der Waals surface area (Å²) in [6.07, 6.45) is 0. The first-order valence-corrected chi connectivity index (χ1v) is 6.58. The van der Waals surface area contributed by atoms with Gasteiger partial charge in [0.1, 0.15) is 0 Å². The van der Waals surface area contributed by atoms with Gasteiger partial charge in [0.05, 0.1) is 12.5 Å². The molecule has 1 fully saturated rings. The highest BCUT2D eigenvalue weighted by molar-refractivity contribution is 5.92. The number of benzene rings is 1. The van der Waals surface area contributed by atoms with E-state index in [-0.39, 0.29) is 11.8 Å². The van der Waals surface area contributed by atoms with Crippen LogP contribution >= 0.6 is 0 Å². The molecule has 0 unspecified atom stereocenters. The predicted molar refractivity (Wildman–Crippen MR) is 73.3 cm³/mol. The highest BCUT2D eigenvalue weighted by Gasteiger charge is 2.33. The molecular formula is C14H16N4O2. The number of rotatable bonds is 4. The number of aryl methyl sites for hydroxylation is 1. The molecule has 20 heavy (non-hydrogen) atoms. The zero-order valence-corrected chi connectivity index (χ0v) is 11.2. The molecule has 6 nitrogen and oxygen atoms in total. The molecule has 0 saturated carbocycles. The maximum atomic E-state index is 11.9. The van der Waals surface area contributed by atoms with Crippen LogP contribution in [-0.4, -0.2) is 40.6 Å². The van der Waals surface area contributed by atoms with Crippen molar-refractivity contribution in [2.75, 3.05) is 25.0 Å². The Labute approximate surface area is 116 Å². The standard InChI is InChI=1S/C14H16N4O2/c1-10-15-14(20-17-10)11-7-18(8-11)9-13(19)16-12-5-3-2-4-6-12/h2-6,11H,7-9H2,1H3,(H,16,19). The molecule has 0 bridgehead atoms. The van der Waals surface area contributed by atoms with Crippen molar-refractivity contribution in [2.24, 2.45) is 0 Å². The topological polar surface area (TPSA) is 71.3 Å². The fraction of sp³-hybridized carbons (Fsp3) is 0.357. The molecule has 0 atom stereocenters. The van der Waals surface area contributed by atoms with E-state index >= 15 is 0 Å². The summed E-state index contributed by atoms with van der Waals surface area (Å²) < 4.78 is 5.13. The zero-order valence-electron chi connectivity index (χ0n) is 11.2. The van der Waals surface area contributed by atoms with Gasteiger partial charge in [-0.05, 0) is 19.1 Å². The first-order valence-electron chi connectivity index (χ1n) is 6.58. The van der Waals surface area contributed by atoms with Gasteiger partial charge in [0.2, 0.25) is 11.8 Å². The van der Waals surface area contributed by atoms with Gasteiger partial charge in [-0.2, -0.15) is 4.98 Å². The number of aromatic nitrogens is 2. The third kappa shape index (κ3) is 2.85. The van der Waals surface area contributed by atoms with Crippen molar-refractivity contribution in [1.29, 1.82) is 0 Å². The first kappa shape index (κ1) is 12.8. The van der Waals surface area contributed by atoms with Crippen molar-refractivity contribution in [3.63, 3.8) is 0 Å². The molecule has 0 radical (unpaired) electrons. The largest absolute Gasteiger partial charge is 0.339 e. The van der Waals surface area contributed by atoms with Gasteiger partial charge in [0, 0.05) is 18.8 Å². The molecule has 1 aromatic heterocycles. The molecule has 1 aliphatic rings. The summed E-state index contributed by atoms with van der Waals surface area (Å²) in [5.74, 6) is 1.57. The Hall–Kier alpha value is -2.21. The second kappa shape index (κ2) is 5.42. The van der Waals surface area contributed by atoms with Crippen LogP contribution < -0.4 is 5.32 Å². The van der Waals surface area contributed by atoms with Gasteiger partial charge in [-0.25, -0.2) is 0 Å². The minimum Gasteiger partial charge on any atom is -0.339 e. The summed E-state index contributed by atoms with van der Waals surface area (Å²) >= 11 is 0. The number of hydrogen-bond acceptors (Lipinski definition) is 5. The highest BCUT2D eigenvalue weighted by atomic mass is 16.5.